The molecule has 1 N–H and O–H groups in total. The molecule has 1 unspecified atom stereocenters. The van der Waals surface area contributed by atoms with E-state index in [2.05, 4.69) is 41.9 Å². The number of aliphatic hydroxyl groups is 1. The van der Waals surface area contributed by atoms with Gasteiger partial charge in [0, 0.05) is 10.9 Å². The van der Waals surface area contributed by atoms with Crippen LogP contribution in [0.15, 0.2) is 46.9 Å². The average molecular weight is 305 g/mol. The van der Waals surface area contributed by atoms with E-state index in [0.29, 0.717) is 6.42 Å². The summed E-state index contributed by atoms with van der Waals surface area (Å²) in [4.78, 5) is 0. The maximum absolute atomic E-state index is 10.2. The number of halogens is 1. The monoisotopic (exact) mass is 304 g/mol. The Morgan fingerprint density at radius 3 is 2.28 bits per heavy atom. The summed E-state index contributed by atoms with van der Waals surface area (Å²) in [6.07, 6.45) is 0.209. The van der Waals surface area contributed by atoms with Gasteiger partial charge in [-0.25, -0.2) is 0 Å². The molecule has 0 amide bonds. The highest BCUT2D eigenvalue weighted by molar-refractivity contribution is 9.10. The van der Waals surface area contributed by atoms with Gasteiger partial charge in [-0.15, -0.1) is 0 Å². The van der Waals surface area contributed by atoms with E-state index in [0.717, 1.165) is 15.6 Å². The molecule has 18 heavy (non-hydrogen) atoms. The van der Waals surface area contributed by atoms with Gasteiger partial charge < -0.3 is 5.11 Å². The second kappa shape index (κ2) is 5.68. The quantitative estimate of drug-likeness (QED) is 0.894. The predicted molar refractivity (Wildman–Crippen MR) is 78.7 cm³/mol. The fourth-order valence-electron chi connectivity index (χ4n) is 1.93. The van der Waals surface area contributed by atoms with Gasteiger partial charge in [-0.2, -0.15) is 0 Å². The van der Waals surface area contributed by atoms with Crippen molar-refractivity contribution in [1.82, 2.24) is 0 Å². The number of aryl methyl sites for hydroxylation is 2. The van der Waals surface area contributed by atoms with Crippen LogP contribution >= 0.6 is 15.9 Å². The maximum Gasteiger partial charge on any atom is 0.0830 e. The number of aliphatic hydroxyl groups excluding tert-OH is 1. The predicted octanol–water partition coefficient (Wildman–Crippen LogP) is 4.34. The molecule has 0 bridgehead atoms. The molecule has 1 nitrogen and oxygen atoms in total. The largest absolute Gasteiger partial charge is 0.388 e. The maximum atomic E-state index is 10.2. The van der Waals surface area contributed by atoms with E-state index in [-0.39, 0.29) is 0 Å². The summed E-state index contributed by atoms with van der Waals surface area (Å²) in [5.74, 6) is 0. The van der Waals surface area contributed by atoms with Crippen LogP contribution in [0.5, 0.6) is 0 Å². The van der Waals surface area contributed by atoms with E-state index in [1.54, 1.807) is 0 Å². The molecule has 2 rings (SSSR count). The summed E-state index contributed by atoms with van der Waals surface area (Å²) in [5.41, 5.74) is 4.61. The minimum atomic E-state index is -0.439. The fraction of sp³-hybridized carbons (Fsp3) is 0.250. The second-order valence-corrected chi connectivity index (χ2v) is 5.61. The minimum Gasteiger partial charge on any atom is -0.388 e. The lowest BCUT2D eigenvalue weighted by molar-refractivity contribution is 0.178. The van der Waals surface area contributed by atoms with Gasteiger partial charge in [0.05, 0.1) is 6.10 Å². The van der Waals surface area contributed by atoms with Crippen LogP contribution in [0, 0.1) is 13.8 Å². The van der Waals surface area contributed by atoms with Gasteiger partial charge in [0.25, 0.3) is 0 Å². The van der Waals surface area contributed by atoms with Gasteiger partial charge in [-0.05, 0) is 48.2 Å². The molecule has 0 saturated carbocycles. The summed E-state index contributed by atoms with van der Waals surface area (Å²) in [6, 6.07) is 14.2. The van der Waals surface area contributed by atoms with E-state index in [4.69, 9.17) is 0 Å². The van der Waals surface area contributed by atoms with E-state index >= 15 is 0 Å². The molecule has 94 valence electrons. The van der Waals surface area contributed by atoms with Gasteiger partial charge in [0.2, 0.25) is 0 Å². The van der Waals surface area contributed by atoms with E-state index in [1.165, 1.54) is 11.1 Å². The Balaban J connectivity index is 2.13. The van der Waals surface area contributed by atoms with Gasteiger partial charge in [-0.3, -0.25) is 0 Å². The minimum absolute atomic E-state index is 0.439. The van der Waals surface area contributed by atoms with Crippen LogP contribution in [-0.4, -0.2) is 5.11 Å². The first-order valence-corrected chi connectivity index (χ1v) is 6.85. The lowest BCUT2D eigenvalue weighted by atomic mass is 9.98. The summed E-state index contributed by atoms with van der Waals surface area (Å²) in [5, 5.41) is 10.2. The molecule has 0 aromatic heterocycles. The van der Waals surface area contributed by atoms with Crippen molar-refractivity contribution in [2.24, 2.45) is 0 Å². The zero-order chi connectivity index (χ0) is 13.1. The SMILES string of the molecule is Cc1ccc(C(O)Cc2ccc(Br)cc2)cc1C. The van der Waals surface area contributed by atoms with Crippen molar-refractivity contribution in [3.63, 3.8) is 0 Å². The van der Waals surface area contributed by atoms with Gasteiger partial charge in [-0.1, -0.05) is 46.3 Å². The zero-order valence-corrected chi connectivity index (χ0v) is 12.2. The Bertz CT molecular complexity index is 531. The highest BCUT2D eigenvalue weighted by atomic mass is 79.9. The molecule has 1 atom stereocenters. The topological polar surface area (TPSA) is 20.2 Å². The van der Waals surface area contributed by atoms with Gasteiger partial charge in [0.15, 0.2) is 0 Å². The first kappa shape index (κ1) is 13.3. The normalized spacial score (nSPS) is 12.4. The second-order valence-electron chi connectivity index (χ2n) is 4.69. The molecule has 0 aliphatic carbocycles. The number of hydrogen-bond acceptors (Lipinski definition) is 1. The van der Waals surface area contributed by atoms with Crippen LogP contribution in [0.2, 0.25) is 0 Å². The Morgan fingerprint density at radius 1 is 1.00 bits per heavy atom. The summed E-state index contributed by atoms with van der Waals surface area (Å²) < 4.78 is 1.06. The molecule has 0 aliphatic rings. The molecule has 0 fully saturated rings. The van der Waals surface area contributed by atoms with Crippen LogP contribution in [0.4, 0.5) is 0 Å². The summed E-state index contributed by atoms with van der Waals surface area (Å²) in [7, 11) is 0. The van der Waals surface area contributed by atoms with Crippen LogP contribution in [-0.2, 0) is 6.42 Å². The highest BCUT2D eigenvalue weighted by Crippen LogP contribution is 2.21. The molecule has 2 aromatic rings. The Hall–Kier alpha value is -1.12. The molecular formula is C16H17BrO. The van der Waals surface area contributed by atoms with Crippen LogP contribution in [0.3, 0.4) is 0 Å². The first-order valence-electron chi connectivity index (χ1n) is 6.06. The van der Waals surface area contributed by atoms with Gasteiger partial charge >= 0.3 is 0 Å². The lowest BCUT2D eigenvalue weighted by Crippen LogP contribution is -2.02. The molecule has 2 heteroatoms. The van der Waals surface area contributed by atoms with Gasteiger partial charge in [0.1, 0.15) is 0 Å². The molecule has 0 aliphatic heterocycles. The van der Waals surface area contributed by atoms with Crippen molar-refractivity contribution in [3.05, 3.63) is 69.2 Å². The zero-order valence-electron chi connectivity index (χ0n) is 10.7. The van der Waals surface area contributed by atoms with Crippen molar-refractivity contribution < 1.29 is 5.11 Å². The van der Waals surface area contributed by atoms with Crippen molar-refractivity contribution in [3.8, 4) is 0 Å². The highest BCUT2D eigenvalue weighted by Gasteiger charge is 2.09. The molecule has 0 spiro atoms. The van der Waals surface area contributed by atoms with Crippen LogP contribution in [0.1, 0.15) is 28.4 Å². The van der Waals surface area contributed by atoms with Crippen LogP contribution < -0.4 is 0 Å². The summed E-state index contributed by atoms with van der Waals surface area (Å²) >= 11 is 3.41. The number of rotatable bonds is 3. The lowest BCUT2D eigenvalue weighted by Gasteiger charge is -2.13. The van der Waals surface area contributed by atoms with E-state index < -0.39 is 6.10 Å². The third kappa shape index (κ3) is 3.21. The van der Waals surface area contributed by atoms with Crippen molar-refractivity contribution >= 4 is 15.9 Å². The molecule has 0 saturated heterocycles. The van der Waals surface area contributed by atoms with Crippen molar-refractivity contribution in [1.29, 1.82) is 0 Å². The molecule has 2 aromatic carbocycles. The first-order chi connectivity index (χ1) is 8.56. The van der Waals surface area contributed by atoms with E-state index in [9.17, 15) is 5.11 Å². The Kier molecular flexibility index (Phi) is 4.20. The average Bonchev–Trinajstić information content (AvgIpc) is 2.35. The fourth-order valence-corrected chi connectivity index (χ4v) is 2.20. The van der Waals surface area contributed by atoms with E-state index in [1.807, 2.05) is 30.3 Å². The summed E-state index contributed by atoms with van der Waals surface area (Å²) in [6.45, 7) is 4.16. The standard InChI is InChI=1S/C16H17BrO/c1-11-3-6-14(9-12(11)2)16(18)10-13-4-7-15(17)8-5-13/h3-9,16,18H,10H2,1-2H3. The van der Waals surface area contributed by atoms with Crippen molar-refractivity contribution in [2.45, 2.75) is 26.4 Å². The van der Waals surface area contributed by atoms with Crippen LogP contribution in [0.25, 0.3) is 0 Å². The Morgan fingerprint density at radius 2 is 1.67 bits per heavy atom. The number of benzene rings is 2. The Labute approximate surface area is 117 Å². The molecular weight excluding hydrogens is 288 g/mol. The molecule has 0 radical (unpaired) electrons. The number of hydrogen-bond donors (Lipinski definition) is 1. The smallest absolute Gasteiger partial charge is 0.0830 e. The van der Waals surface area contributed by atoms with Crippen molar-refractivity contribution in [2.75, 3.05) is 0 Å². The third-order valence-corrected chi connectivity index (χ3v) is 3.79. The third-order valence-electron chi connectivity index (χ3n) is 3.26. The molecule has 0 heterocycles.